The lowest BCUT2D eigenvalue weighted by molar-refractivity contribution is 1.23. The predicted molar refractivity (Wildman–Crippen MR) is 70.1 cm³/mol. The molecule has 0 unspecified atom stereocenters. The number of hydrogen-bond donors (Lipinski definition) is 1. The van der Waals surface area contributed by atoms with Crippen molar-refractivity contribution in [3.63, 3.8) is 0 Å². The molecule has 0 saturated heterocycles. The maximum Gasteiger partial charge on any atom is 0.0638 e. The maximum atomic E-state index is 5.81. The minimum Gasteiger partial charge on any atom is -0.397 e. The zero-order valence-corrected chi connectivity index (χ0v) is 10.8. The molecule has 0 aliphatic heterocycles. The van der Waals surface area contributed by atoms with Gasteiger partial charge in [-0.15, -0.1) is 11.8 Å². The molecule has 0 aliphatic rings. The zero-order valence-electron chi connectivity index (χ0n) is 8.43. The summed E-state index contributed by atoms with van der Waals surface area (Å²) in [7, 11) is 0. The minimum atomic E-state index is 0.718. The molecule has 0 amide bonds. The number of rotatable bonds is 3. The van der Waals surface area contributed by atoms with E-state index < -0.39 is 0 Å². The Bertz CT molecular complexity index is 490. The highest BCUT2D eigenvalue weighted by molar-refractivity contribution is 9.10. The van der Waals surface area contributed by atoms with E-state index in [-0.39, 0.29) is 0 Å². The molecule has 2 N–H and O–H groups in total. The summed E-state index contributed by atoms with van der Waals surface area (Å²) in [6.45, 7) is 0. The molecule has 0 atom stereocenters. The van der Waals surface area contributed by atoms with Gasteiger partial charge < -0.3 is 5.73 Å². The van der Waals surface area contributed by atoms with Gasteiger partial charge in [-0.1, -0.05) is 0 Å². The second-order valence-electron chi connectivity index (χ2n) is 3.21. The van der Waals surface area contributed by atoms with Crippen molar-refractivity contribution < 1.29 is 0 Å². The van der Waals surface area contributed by atoms with Crippen molar-refractivity contribution >= 4 is 33.4 Å². The highest BCUT2D eigenvalue weighted by atomic mass is 79.9. The van der Waals surface area contributed by atoms with Crippen LogP contribution in [0.4, 0.5) is 5.69 Å². The Morgan fingerprint density at radius 1 is 1.25 bits per heavy atom. The Morgan fingerprint density at radius 3 is 2.88 bits per heavy atom. The molecular formula is C11H10BrN3S. The fraction of sp³-hybridized carbons (Fsp3) is 0.0909. The monoisotopic (exact) mass is 295 g/mol. The van der Waals surface area contributed by atoms with Crippen molar-refractivity contribution in [2.45, 2.75) is 10.6 Å². The second-order valence-corrected chi connectivity index (χ2v) is 5.15. The van der Waals surface area contributed by atoms with Crippen LogP contribution in [-0.4, -0.2) is 9.97 Å². The fourth-order valence-electron chi connectivity index (χ4n) is 1.22. The SMILES string of the molecule is Nc1cnccc1SCc1cncc(Br)c1. The van der Waals surface area contributed by atoms with Crippen LogP contribution in [0.3, 0.4) is 0 Å². The molecule has 82 valence electrons. The summed E-state index contributed by atoms with van der Waals surface area (Å²) in [6, 6.07) is 3.97. The Kier molecular flexibility index (Phi) is 3.79. The Labute approximate surface area is 107 Å². The maximum absolute atomic E-state index is 5.81. The first kappa shape index (κ1) is 11.4. The lowest BCUT2D eigenvalue weighted by atomic mass is 10.3. The number of pyridine rings is 2. The Morgan fingerprint density at radius 2 is 2.12 bits per heavy atom. The summed E-state index contributed by atoms with van der Waals surface area (Å²) in [6.07, 6.45) is 7.05. The summed E-state index contributed by atoms with van der Waals surface area (Å²) >= 11 is 5.08. The summed E-state index contributed by atoms with van der Waals surface area (Å²) in [4.78, 5) is 9.12. The molecule has 0 bridgehead atoms. The van der Waals surface area contributed by atoms with Crippen LogP contribution in [0.2, 0.25) is 0 Å². The van der Waals surface area contributed by atoms with Crippen LogP contribution < -0.4 is 5.73 Å². The summed E-state index contributed by atoms with van der Waals surface area (Å²) in [5.74, 6) is 0.848. The minimum absolute atomic E-state index is 0.718. The molecule has 3 nitrogen and oxygen atoms in total. The van der Waals surface area contributed by atoms with Crippen molar-refractivity contribution in [2.75, 3.05) is 5.73 Å². The van der Waals surface area contributed by atoms with E-state index in [9.17, 15) is 0 Å². The lowest BCUT2D eigenvalue weighted by Crippen LogP contribution is -1.90. The highest BCUT2D eigenvalue weighted by Crippen LogP contribution is 2.27. The molecule has 0 fully saturated rings. The predicted octanol–water partition coefficient (Wildman–Crippen LogP) is 3.11. The third-order valence-corrected chi connectivity index (χ3v) is 3.56. The summed E-state index contributed by atoms with van der Waals surface area (Å²) in [5.41, 5.74) is 7.69. The van der Waals surface area contributed by atoms with E-state index in [4.69, 9.17) is 5.73 Å². The first-order chi connectivity index (χ1) is 7.75. The van der Waals surface area contributed by atoms with E-state index in [1.807, 2.05) is 12.3 Å². The molecule has 0 spiro atoms. The van der Waals surface area contributed by atoms with Crippen molar-refractivity contribution in [3.05, 3.63) is 47.0 Å². The molecule has 2 aromatic rings. The van der Waals surface area contributed by atoms with Gasteiger partial charge in [0.15, 0.2) is 0 Å². The fourth-order valence-corrected chi connectivity index (χ4v) is 2.49. The number of thioether (sulfide) groups is 1. The van der Waals surface area contributed by atoms with Gasteiger partial charge in [-0.25, -0.2) is 0 Å². The number of aromatic nitrogens is 2. The highest BCUT2D eigenvalue weighted by Gasteiger charge is 2.01. The van der Waals surface area contributed by atoms with Crippen LogP contribution in [0, 0.1) is 0 Å². The average Bonchev–Trinajstić information content (AvgIpc) is 2.28. The largest absolute Gasteiger partial charge is 0.397 e. The van der Waals surface area contributed by atoms with Crippen LogP contribution in [0.1, 0.15) is 5.56 Å². The van der Waals surface area contributed by atoms with Gasteiger partial charge in [-0.2, -0.15) is 0 Å². The van der Waals surface area contributed by atoms with Gasteiger partial charge >= 0.3 is 0 Å². The van der Waals surface area contributed by atoms with Crippen molar-refractivity contribution in [1.29, 1.82) is 0 Å². The van der Waals surface area contributed by atoms with E-state index in [2.05, 4.69) is 32.0 Å². The number of halogens is 1. The third kappa shape index (κ3) is 2.96. The first-order valence-electron chi connectivity index (χ1n) is 4.67. The van der Waals surface area contributed by atoms with Gasteiger partial charge in [-0.05, 0) is 33.6 Å². The van der Waals surface area contributed by atoms with Crippen LogP contribution in [0.25, 0.3) is 0 Å². The summed E-state index contributed by atoms with van der Waals surface area (Å²) in [5, 5.41) is 0. The second kappa shape index (κ2) is 5.32. The molecule has 2 heterocycles. The van der Waals surface area contributed by atoms with Gasteiger partial charge in [0.05, 0.1) is 11.9 Å². The number of nitrogen functional groups attached to an aromatic ring is 1. The topological polar surface area (TPSA) is 51.8 Å². The molecule has 0 aromatic carbocycles. The molecule has 0 aliphatic carbocycles. The molecule has 16 heavy (non-hydrogen) atoms. The lowest BCUT2D eigenvalue weighted by Gasteiger charge is -2.04. The van der Waals surface area contributed by atoms with E-state index in [0.29, 0.717) is 0 Å². The van der Waals surface area contributed by atoms with E-state index in [1.165, 1.54) is 0 Å². The van der Waals surface area contributed by atoms with E-state index in [0.717, 1.165) is 26.4 Å². The number of nitrogens with zero attached hydrogens (tertiary/aromatic N) is 2. The van der Waals surface area contributed by atoms with E-state index >= 15 is 0 Å². The molecule has 0 saturated carbocycles. The first-order valence-corrected chi connectivity index (χ1v) is 6.45. The smallest absolute Gasteiger partial charge is 0.0638 e. The molecule has 2 aromatic heterocycles. The molecule has 2 rings (SSSR count). The van der Waals surface area contributed by atoms with Crippen molar-refractivity contribution in [3.8, 4) is 0 Å². The summed E-state index contributed by atoms with van der Waals surface area (Å²) < 4.78 is 0.994. The Balaban J connectivity index is 2.05. The van der Waals surface area contributed by atoms with Gasteiger partial charge in [0.25, 0.3) is 0 Å². The van der Waals surface area contributed by atoms with Crippen LogP contribution >= 0.6 is 27.7 Å². The van der Waals surface area contributed by atoms with Crippen LogP contribution in [-0.2, 0) is 5.75 Å². The Hall–Kier alpha value is -1.07. The number of anilines is 1. The standard InChI is InChI=1S/C11H10BrN3S/c12-9-3-8(4-15-5-9)7-16-11-1-2-14-6-10(11)13/h1-6H,7,13H2. The number of hydrogen-bond acceptors (Lipinski definition) is 4. The molecular weight excluding hydrogens is 286 g/mol. The zero-order chi connectivity index (χ0) is 11.4. The molecule has 5 heteroatoms. The third-order valence-electron chi connectivity index (χ3n) is 1.97. The number of nitrogens with two attached hydrogens (primary N) is 1. The van der Waals surface area contributed by atoms with Gasteiger partial charge in [-0.3, -0.25) is 9.97 Å². The quantitative estimate of drug-likeness (QED) is 0.884. The van der Waals surface area contributed by atoms with Crippen molar-refractivity contribution in [1.82, 2.24) is 9.97 Å². The average molecular weight is 296 g/mol. The normalized spacial score (nSPS) is 10.3. The van der Waals surface area contributed by atoms with E-state index in [1.54, 1.807) is 30.4 Å². The van der Waals surface area contributed by atoms with Gasteiger partial charge in [0, 0.05) is 33.7 Å². The van der Waals surface area contributed by atoms with Crippen LogP contribution in [0.5, 0.6) is 0 Å². The van der Waals surface area contributed by atoms with Crippen molar-refractivity contribution in [2.24, 2.45) is 0 Å². The van der Waals surface area contributed by atoms with Crippen LogP contribution in [0.15, 0.2) is 46.3 Å². The van der Waals surface area contributed by atoms with Gasteiger partial charge in [0.1, 0.15) is 0 Å². The van der Waals surface area contributed by atoms with Gasteiger partial charge in [0.2, 0.25) is 0 Å². The molecule has 0 radical (unpaired) electrons.